The third-order valence-corrected chi connectivity index (χ3v) is 11.2. The van der Waals surface area contributed by atoms with E-state index in [1.807, 2.05) is 0 Å². The first-order valence-corrected chi connectivity index (χ1v) is 12.0. The summed E-state index contributed by atoms with van der Waals surface area (Å²) in [7, 11) is -22.3. The molecule has 0 bridgehead atoms. The molecule has 0 aromatic heterocycles. The van der Waals surface area contributed by atoms with Gasteiger partial charge in [-0.2, -0.15) is 0 Å². The van der Waals surface area contributed by atoms with E-state index in [1.165, 1.54) is 0 Å². The zero-order valence-corrected chi connectivity index (χ0v) is 14.9. The van der Waals surface area contributed by atoms with Gasteiger partial charge in [-0.25, -0.2) is 0 Å². The molecule has 0 unspecified atom stereocenters. The molecule has 0 aromatic carbocycles. The highest BCUT2D eigenvalue weighted by Gasteiger charge is 2.60. The van der Waals surface area contributed by atoms with Gasteiger partial charge in [-0.05, 0) is 19.3 Å². The highest BCUT2D eigenvalue weighted by Crippen LogP contribution is 2.70. The molecule has 0 saturated carbocycles. The summed E-state index contributed by atoms with van der Waals surface area (Å²) in [5.74, 6) is 0. The van der Waals surface area contributed by atoms with E-state index in [2.05, 4.69) is 0 Å². The fourth-order valence-electron chi connectivity index (χ4n) is 1.53. The van der Waals surface area contributed by atoms with Gasteiger partial charge in [-0.15, -0.1) is 0 Å². The largest absolute Gasteiger partial charge is 0.357 e. The molecule has 12 N–H and O–H groups in total. The topological polar surface area (TPSA) is 282 Å². The van der Waals surface area contributed by atoms with Crippen LogP contribution in [-0.2, 0) is 18.3 Å². The summed E-state index contributed by atoms with van der Waals surface area (Å²) in [5.41, 5.74) is 10.1. The quantitative estimate of drug-likeness (QED) is 0.191. The van der Waals surface area contributed by atoms with Crippen molar-refractivity contribution in [1.29, 1.82) is 0 Å². The van der Waals surface area contributed by atoms with Crippen LogP contribution in [0.2, 0.25) is 0 Å². The standard InChI is InChI=1S/C5H18N2O12P4/c6-4(20(8,9)10,21(11,12)13)2-1-3-5(7,22(14,15)16)23(17,18)19/h1-3,6-7H2,(H2,8,9,10)(H2,11,12,13)(H2,14,15,16)(H2,17,18,19). The molecule has 0 saturated heterocycles. The fourth-order valence-corrected chi connectivity index (χ4v) is 6.04. The van der Waals surface area contributed by atoms with Crippen LogP contribution in [0.1, 0.15) is 19.3 Å². The van der Waals surface area contributed by atoms with Gasteiger partial charge in [0.25, 0.3) is 0 Å². The van der Waals surface area contributed by atoms with Crippen LogP contribution in [0.15, 0.2) is 0 Å². The minimum atomic E-state index is -5.59. The summed E-state index contributed by atoms with van der Waals surface area (Å²) < 4.78 is 44.8. The number of hydrogen-bond acceptors (Lipinski definition) is 6. The molecule has 0 spiro atoms. The van der Waals surface area contributed by atoms with Crippen molar-refractivity contribution < 1.29 is 57.4 Å². The normalized spacial score (nSPS) is 15.7. The Bertz CT molecular complexity index is 525. The highest BCUT2D eigenvalue weighted by molar-refractivity contribution is 7.72. The molecule has 0 radical (unpaired) electrons. The Kier molecular flexibility index (Phi) is 6.83. The van der Waals surface area contributed by atoms with E-state index in [1.54, 1.807) is 0 Å². The molecular weight excluding hydrogens is 404 g/mol. The molecular formula is C5H18N2O12P4. The SMILES string of the molecule is NC(CCCC(N)(P(=O)(O)O)P(=O)(O)O)(P(=O)(O)O)P(=O)(O)O. The van der Waals surface area contributed by atoms with E-state index in [4.69, 9.17) is 50.6 Å². The molecule has 0 aliphatic carbocycles. The predicted molar refractivity (Wildman–Crippen MR) is 75.9 cm³/mol. The van der Waals surface area contributed by atoms with Gasteiger partial charge in [0, 0.05) is 0 Å². The van der Waals surface area contributed by atoms with Crippen molar-refractivity contribution in [2.24, 2.45) is 11.5 Å². The average Bonchev–Trinajstić information content (AvgIpc) is 2.22. The number of rotatable bonds is 8. The van der Waals surface area contributed by atoms with Crippen LogP contribution >= 0.6 is 30.4 Å². The second-order valence-corrected chi connectivity index (χ2v) is 13.0. The van der Waals surface area contributed by atoms with Crippen molar-refractivity contribution >= 4 is 30.4 Å². The molecule has 18 heteroatoms. The molecule has 140 valence electrons. The lowest BCUT2D eigenvalue weighted by molar-refractivity contribution is 0.290. The van der Waals surface area contributed by atoms with E-state index in [0.29, 0.717) is 0 Å². The van der Waals surface area contributed by atoms with Crippen LogP contribution in [0, 0.1) is 0 Å². The van der Waals surface area contributed by atoms with Crippen LogP contribution in [0.3, 0.4) is 0 Å². The summed E-state index contributed by atoms with van der Waals surface area (Å²) in [6, 6.07) is 0. The minimum absolute atomic E-state index is 0.903. The van der Waals surface area contributed by atoms with Crippen molar-refractivity contribution in [2.45, 2.75) is 29.3 Å². The summed E-state index contributed by atoms with van der Waals surface area (Å²) in [6.07, 6.45) is -3.32. The molecule has 0 fully saturated rings. The maximum atomic E-state index is 11.2. The zero-order valence-electron chi connectivity index (χ0n) is 11.3. The van der Waals surface area contributed by atoms with Crippen molar-refractivity contribution in [2.75, 3.05) is 0 Å². The van der Waals surface area contributed by atoms with Crippen LogP contribution in [0.5, 0.6) is 0 Å². The summed E-state index contributed by atoms with van der Waals surface area (Å²) in [4.78, 5) is 71.8. The van der Waals surface area contributed by atoms with Crippen LogP contribution < -0.4 is 11.5 Å². The number of nitrogens with two attached hydrogens (primary N) is 2. The molecule has 0 amide bonds. The monoisotopic (exact) mass is 422 g/mol. The predicted octanol–water partition coefficient (Wildman–Crippen LogP) is -1.91. The van der Waals surface area contributed by atoms with Gasteiger partial charge >= 0.3 is 30.4 Å². The van der Waals surface area contributed by atoms with Gasteiger partial charge in [0.2, 0.25) is 10.0 Å². The number of hydrogen-bond donors (Lipinski definition) is 10. The van der Waals surface area contributed by atoms with Gasteiger partial charge in [-0.3, -0.25) is 18.3 Å². The Hall–Kier alpha value is 0.520. The van der Waals surface area contributed by atoms with Gasteiger partial charge in [0.15, 0.2) is 0 Å². The summed E-state index contributed by atoms with van der Waals surface area (Å²) in [6.45, 7) is 0. The summed E-state index contributed by atoms with van der Waals surface area (Å²) >= 11 is 0. The lowest BCUT2D eigenvalue weighted by Gasteiger charge is -2.33. The smallest absolute Gasteiger partial charge is 0.323 e. The molecule has 0 atom stereocenters. The van der Waals surface area contributed by atoms with Crippen LogP contribution in [0.4, 0.5) is 0 Å². The zero-order chi connectivity index (χ0) is 19.1. The van der Waals surface area contributed by atoms with Gasteiger partial charge in [-0.1, -0.05) is 0 Å². The molecule has 0 rings (SSSR count). The van der Waals surface area contributed by atoms with Crippen molar-refractivity contribution in [1.82, 2.24) is 0 Å². The Morgan fingerprint density at radius 2 is 0.739 bits per heavy atom. The molecule has 14 nitrogen and oxygen atoms in total. The maximum Gasteiger partial charge on any atom is 0.357 e. The van der Waals surface area contributed by atoms with Crippen LogP contribution in [-0.4, -0.2) is 49.2 Å². The van der Waals surface area contributed by atoms with Gasteiger partial charge in [0.05, 0.1) is 0 Å². The van der Waals surface area contributed by atoms with Crippen molar-refractivity contribution in [3.63, 3.8) is 0 Å². The van der Waals surface area contributed by atoms with E-state index in [9.17, 15) is 18.3 Å². The molecule has 23 heavy (non-hydrogen) atoms. The maximum absolute atomic E-state index is 11.2. The first-order valence-electron chi connectivity index (χ1n) is 5.51. The first kappa shape index (κ1) is 23.5. The third kappa shape index (κ3) is 4.78. The molecule has 0 aliphatic heterocycles. The van der Waals surface area contributed by atoms with Gasteiger partial charge < -0.3 is 50.6 Å². The third-order valence-electron chi connectivity index (χ3n) is 3.11. The lowest BCUT2D eigenvalue weighted by atomic mass is 10.2. The first-order chi connectivity index (χ1) is 9.71. The Morgan fingerprint density at radius 1 is 0.565 bits per heavy atom. The minimum Gasteiger partial charge on any atom is -0.323 e. The van der Waals surface area contributed by atoms with E-state index >= 15 is 0 Å². The van der Waals surface area contributed by atoms with E-state index in [0.717, 1.165) is 0 Å². The second kappa shape index (κ2) is 6.68. The van der Waals surface area contributed by atoms with Crippen molar-refractivity contribution in [3.05, 3.63) is 0 Å². The second-order valence-electron chi connectivity index (χ2n) is 4.79. The molecule has 0 heterocycles. The molecule has 0 aliphatic rings. The lowest BCUT2D eigenvalue weighted by Crippen LogP contribution is -2.42. The van der Waals surface area contributed by atoms with Crippen molar-refractivity contribution in [3.8, 4) is 0 Å². The average molecular weight is 422 g/mol. The summed E-state index contributed by atoms with van der Waals surface area (Å²) in [5, 5.41) is -6.77. The Labute approximate surface area is 129 Å². The van der Waals surface area contributed by atoms with E-state index in [-0.39, 0.29) is 0 Å². The fraction of sp³-hybridized carbons (Fsp3) is 1.00. The Balaban J connectivity index is 5.55. The highest BCUT2D eigenvalue weighted by atomic mass is 31.2. The van der Waals surface area contributed by atoms with Crippen LogP contribution in [0.25, 0.3) is 0 Å². The van der Waals surface area contributed by atoms with E-state index < -0.39 is 59.7 Å². The molecule has 0 aromatic rings. The van der Waals surface area contributed by atoms with Gasteiger partial charge in [0.1, 0.15) is 0 Å². The Morgan fingerprint density at radius 3 is 0.870 bits per heavy atom.